The minimum absolute atomic E-state index is 0.0404. The molecule has 1 aliphatic heterocycles. The lowest BCUT2D eigenvalue weighted by Crippen LogP contribution is -2.43. The number of piperidine rings is 1. The summed E-state index contributed by atoms with van der Waals surface area (Å²) >= 11 is 5.96. The molecule has 2 heterocycles. The lowest BCUT2D eigenvalue weighted by atomic mass is 9.88. The molecule has 1 fully saturated rings. The molecule has 3 rings (SSSR count). The van der Waals surface area contributed by atoms with Crippen molar-refractivity contribution in [3.05, 3.63) is 69.6 Å². The second-order valence-electron chi connectivity index (χ2n) is 6.37. The molecule has 1 aromatic carbocycles. The smallest absolute Gasteiger partial charge is 0.259 e. The number of benzene rings is 1. The van der Waals surface area contributed by atoms with E-state index in [0.717, 1.165) is 18.4 Å². The minimum atomic E-state index is -0.235. The van der Waals surface area contributed by atoms with Crippen LogP contribution in [0.5, 0.6) is 0 Å². The van der Waals surface area contributed by atoms with E-state index in [9.17, 15) is 14.8 Å². The van der Waals surface area contributed by atoms with E-state index in [2.05, 4.69) is 0 Å². The number of nitrogens with zero attached hydrogens (tertiary/aromatic N) is 2. The second-order valence-corrected chi connectivity index (χ2v) is 6.80. The van der Waals surface area contributed by atoms with Crippen molar-refractivity contribution in [1.29, 1.82) is 0 Å². The summed E-state index contributed by atoms with van der Waals surface area (Å²) in [5.41, 5.74) is 1.84. The Bertz CT molecular complexity index is 822. The number of carbonyl (C=O) groups is 2. The van der Waals surface area contributed by atoms with Crippen LogP contribution in [0.15, 0.2) is 42.7 Å². The predicted molar refractivity (Wildman–Crippen MR) is 94.5 cm³/mol. The van der Waals surface area contributed by atoms with Gasteiger partial charge in [0.1, 0.15) is 5.56 Å². The van der Waals surface area contributed by atoms with Crippen molar-refractivity contribution in [3.63, 3.8) is 0 Å². The van der Waals surface area contributed by atoms with E-state index in [1.165, 1.54) is 12.4 Å². The molecule has 6 heteroatoms. The quantitative estimate of drug-likeness (QED) is 0.481. The topological polar surface area (TPSA) is 64.3 Å². The van der Waals surface area contributed by atoms with Gasteiger partial charge in [0.25, 0.3) is 5.91 Å². The van der Waals surface area contributed by atoms with Crippen LogP contribution >= 0.6 is 11.6 Å². The third-order valence-electron chi connectivity index (χ3n) is 4.56. The third kappa shape index (κ3) is 3.82. The first-order valence-electron chi connectivity index (χ1n) is 8.24. The van der Waals surface area contributed by atoms with Gasteiger partial charge in [0.05, 0.1) is 0 Å². The molecule has 1 saturated heterocycles. The van der Waals surface area contributed by atoms with Crippen molar-refractivity contribution in [2.45, 2.75) is 19.8 Å². The highest BCUT2D eigenvalue weighted by Gasteiger charge is 2.30. The van der Waals surface area contributed by atoms with Crippen molar-refractivity contribution in [3.8, 4) is 0 Å². The lowest BCUT2D eigenvalue weighted by Gasteiger charge is -2.32. The highest BCUT2D eigenvalue weighted by Crippen LogP contribution is 2.25. The van der Waals surface area contributed by atoms with Gasteiger partial charge in [-0.05, 0) is 49.6 Å². The minimum Gasteiger partial charge on any atom is -0.619 e. The summed E-state index contributed by atoms with van der Waals surface area (Å²) in [5.74, 6) is -0.408. The van der Waals surface area contributed by atoms with Crippen molar-refractivity contribution in [2.24, 2.45) is 5.92 Å². The maximum atomic E-state index is 12.9. The Balaban J connectivity index is 1.76. The fraction of sp³-hybridized carbons (Fsp3) is 0.316. The number of likely N-dealkylation sites (tertiary alicyclic amines) is 1. The maximum absolute atomic E-state index is 12.9. The van der Waals surface area contributed by atoms with Gasteiger partial charge in [0.2, 0.25) is 0 Å². The Labute approximate surface area is 151 Å². The molecular weight excluding hydrogens is 340 g/mol. The molecule has 1 atom stereocenters. The van der Waals surface area contributed by atoms with Gasteiger partial charge in [-0.2, -0.15) is 4.73 Å². The van der Waals surface area contributed by atoms with Crippen LogP contribution in [0, 0.1) is 18.0 Å². The van der Waals surface area contributed by atoms with Crippen molar-refractivity contribution < 1.29 is 14.3 Å². The van der Waals surface area contributed by atoms with Crippen LogP contribution < -0.4 is 4.73 Å². The van der Waals surface area contributed by atoms with E-state index in [1.54, 1.807) is 35.2 Å². The molecule has 5 nitrogen and oxygen atoms in total. The summed E-state index contributed by atoms with van der Waals surface area (Å²) in [6, 6.07) is 8.40. The highest BCUT2D eigenvalue weighted by atomic mass is 35.5. The normalized spacial score (nSPS) is 17.4. The number of hydrogen-bond donors (Lipinski definition) is 0. The first-order chi connectivity index (χ1) is 12.0. The lowest BCUT2D eigenvalue weighted by molar-refractivity contribution is -0.605. The first kappa shape index (κ1) is 17.4. The van der Waals surface area contributed by atoms with E-state index >= 15 is 0 Å². The SMILES string of the molecule is Cc1cc(Cl)ccc1C(=O)[C@H]1CCCN(C(=O)c2ccc[n+]([O-])c2)C1. The fourth-order valence-corrected chi connectivity index (χ4v) is 3.49. The number of hydrogen-bond acceptors (Lipinski definition) is 3. The van der Waals surface area contributed by atoms with Gasteiger partial charge < -0.3 is 10.1 Å². The van der Waals surface area contributed by atoms with Crippen molar-refractivity contribution in [2.75, 3.05) is 13.1 Å². The van der Waals surface area contributed by atoms with Gasteiger partial charge in [-0.3, -0.25) is 9.59 Å². The summed E-state index contributed by atoms with van der Waals surface area (Å²) < 4.78 is 0.608. The molecule has 0 unspecified atom stereocenters. The second kappa shape index (κ2) is 7.23. The van der Waals surface area contributed by atoms with Crippen LogP contribution in [0.2, 0.25) is 5.02 Å². The number of ketones is 1. The number of Topliss-reactive ketones (excluding diaryl/α,β-unsaturated/α-hetero) is 1. The molecule has 0 saturated carbocycles. The fourth-order valence-electron chi connectivity index (χ4n) is 3.26. The molecule has 25 heavy (non-hydrogen) atoms. The molecule has 1 aliphatic rings. The molecule has 1 aromatic heterocycles. The standard InChI is InChI=1S/C19H19ClN2O3/c1-13-10-16(20)6-7-17(13)18(23)14-4-2-8-21(11-14)19(24)15-5-3-9-22(25)12-15/h3,5-7,9-10,12,14H,2,4,8,11H2,1H3/t14-/m0/s1. The molecule has 1 amide bonds. The summed E-state index contributed by atoms with van der Waals surface area (Å²) in [7, 11) is 0. The highest BCUT2D eigenvalue weighted by molar-refractivity contribution is 6.30. The number of carbonyl (C=O) groups excluding carboxylic acids is 2. The van der Waals surface area contributed by atoms with Crippen LogP contribution in [0.3, 0.4) is 0 Å². The Hall–Kier alpha value is -2.40. The van der Waals surface area contributed by atoms with Gasteiger partial charge in [-0.1, -0.05) is 11.6 Å². The first-order valence-corrected chi connectivity index (χ1v) is 8.62. The van der Waals surface area contributed by atoms with E-state index in [-0.39, 0.29) is 17.6 Å². The molecule has 130 valence electrons. The average Bonchev–Trinajstić information content (AvgIpc) is 2.61. The zero-order valence-corrected chi connectivity index (χ0v) is 14.7. The van der Waals surface area contributed by atoms with Gasteiger partial charge in [0.15, 0.2) is 18.2 Å². The number of rotatable bonds is 3. The van der Waals surface area contributed by atoms with Crippen LogP contribution in [0.4, 0.5) is 0 Å². The average molecular weight is 359 g/mol. The molecule has 0 radical (unpaired) electrons. The predicted octanol–water partition coefficient (Wildman–Crippen LogP) is 3.02. The largest absolute Gasteiger partial charge is 0.619 e. The van der Waals surface area contributed by atoms with Crippen molar-refractivity contribution >= 4 is 23.3 Å². The molecule has 0 N–H and O–H groups in total. The number of pyridine rings is 1. The summed E-state index contributed by atoms with van der Waals surface area (Å²) in [6.07, 6.45) is 4.11. The zero-order valence-electron chi connectivity index (χ0n) is 13.9. The van der Waals surface area contributed by atoms with Gasteiger partial charge in [-0.15, -0.1) is 0 Å². The monoisotopic (exact) mass is 358 g/mol. The van der Waals surface area contributed by atoms with Crippen LogP contribution in [0.25, 0.3) is 0 Å². The summed E-state index contributed by atoms with van der Waals surface area (Å²) in [5, 5.41) is 12.0. The van der Waals surface area contributed by atoms with Crippen LogP contribution in [-0.2, 0) is 0 Å². The van der Waals surface area contributed by atoms with E-state index < -0.39 is 0 Å². The van der Waals surface area contributed by atoms with Crippen LogP contribution in [-0.4, -0.2) is 29.7 Å². The number of halogens is 1. The molecule has 0 aliphatic carbocycles. The Morgan fingerprint density at radius 2 is 2.12 bits per heavy atom. The van der Waals surface area contributed by atoms with Crippen LogP contribution in [0.1, 0.15) is 39.1 Å². The molecule has 0 spiro atoms. The van der Waals surface area contributed by atoms with E-state index in [1.807, 2.05) is 6.92 Å². The molecular formula is C19H19ClN2O3. The summed E-state index contributed by atoms with van der Waals surface area (Å²) in [6.45, 7) is 2.82. The van der Waals surface area contributed by atoms with Crippen molar-refractivity contribution in [1.82, 2.24) is 4.90 Å². The van der Waals surface area contributed by atoms with E-state index in [4.69, 9.17) is 11.6 Å². The number of aromatic nitrogens is 1. The summed E-state index contributed by atoms with van der Waals surface area (Å²) in [4.78, 5) is 27.1. The molecule has 2 aromatic rings. The number of aryl methyl sites for hydroxylation is 1. The Morgan fingerprint density at radius 3 is 2.84 bits per heavy atom. The molecule has 0 bridgehead atoms. The number of amides is 1. The van der Waals surface area contributed by atoms with Gasteiger partial charge in [0, 0.05) is 35.7 Å². The van der Waals surface area contributed by atoms with Gasteiger partial charge in [-0.25, -0.2) is 0 Å². The zero-order chi connectivity index (χ0) is 18.0. The maximum Gasteiger partial charge on any atom is 0.259 e. The third-order valence-corrected chi connectivity index (χ3v) is 4.79. The van der Waals surface area contributed by atoms with E-state index in [0.29, 0.717) is 34.0 Å². The Morgan fingerprint density at radius 1 is 1.32 bits per heavy atom. The Kier molecular flexibility index (Phi) is 5.04. The van der Waals surface area contributed by atoms with Gasteiger partial charge >= 0.3 is 0 Å².